The first-order chi connectivity index (χ1) is 19.0. The van der Waals surface area contributed by atoms with Gasteiger partial charge >= 0.3 is 0 Å². The van der Waals surface area contributed by atoms with Crippen molar-refractivity contribution in [2.24, 2.45) is 0 Å². The van der Waals surface area contributed by atoms with E-state index >= 15 is 0 Å². The first-order valence-corrected chi connectivity index (χ1v) is 14.7. The van der Waals surface area contributed by atoms with Gasteiger partial charge in [-0.15, -0.1) is 0 Å². The fourth-order valence-corrected chi connectivity index (χ4v) is 3.77. The highest BCUT2D eigenvalue weighted by Crippen LogP contribution is 2.29. The highest BCUT2D eigenvalue weighted by Gasteiger charge is 2.06. The number of aryl methyl sites for hydroxylation is 1. The molecule has 0 saturated heterocycles. The number of hydrogen-bond donors (Lipinski definition) is 2. The Morgan fingerprint density at radius 3 is 1.52 bits per heavy atom. The van der Waals surface area contributed by atoms with E-state index < -0.39 is 0 Å². The van der Waals surface area contributed by atoms with Gasteiger partial charge in [0.1, 0.15) is 17.2 Å². The lowest BCUT2D eigenvalue weighted by molar-refractivity contribution is 0.406. The Kier molecular flexibility index (Phi) is 17.9. The molecule has 0 aliphatic rings. The van der Waals surface area contributed by atoms with Gasteiger partial charge in [0.05, 0.1) is 7.11 Å². The molecule has 0 atom stereocenters. The van der Waals surface area contributed by atoms with Gasteiger partial charge in [0.15, 0.2) is 0 Å². The van der Waals surface area contributed by atoms with Gasteiger partial charge in [-0.3, -0.25) is 0 Å². The third-order valence-electron chi connectivity index (χ3n) is 6.23. The van der Waals surface area contributed by atoms with Crippen LogP contribution in [0.25, 0.3) is 10.8 Å². The molecule has 0 amide bonds. The van der Waals surface area contributed by atoms with Gasteiger partial charge in [0.2, 0.25) is 0 Å². The zero-order chi connectivity index (χ0) is 30.8. The number of phenols is 2. The summed E-state index contributed by atoms with van der Waals surface area (Å²) in [5.74, 6) is 3.03. The van der Waals surface area contributed by atoms with Crippen LogP contribution >= 0.6 is 0 Å². The summed E-state index contributed by atoms with van der Waals surface area (Å²) in [5, 5.41) is 21.2. The SMILES string of the molecule is CC.CC.CC(C)c1ccc(C(C)C)cc1.COc1ccc(C(C)C)c(O)c1.Cc1ccc2ccccc2c1O. The van der Waals surface area contributed by atoms with Crippen LogP contribution in [0, 0.1) is 6.92 Å². The molecular weight excluding hydrogens is 492 g/mol. The highest BCUT2D eigenvalue weighted by molar-refractivity contribution is 5.89. The fraction of sp³-hybridized carbons (Fsp3) is 0.405. The Bertz CT molecular complexity index is 1200. The van der Waals surface area contributed by atoms with Gasteiger partial charge < -0.3 is 14.9 Å². The Balaban J connectivity index is 0.000000536. The van der Waals surface area contributed by atoms with E-state index in [4.69, 9.17) is 4.74 Å². The van der Waals surface area contributed by atoms with Gasteiger partial charge in [-0.05, 0) is 58.4 Å². The molecule has 0 radical (unpaired) electrons. The molecule has 0 saturated carbocycles. The standard InChI is InChI=1S/C12H18.C11H10O.C10H14O2.2C2H6/c1-9(2)11-5-7-12(8-6-11)10(3)4;1-8-6-7-9-4-2-3-5-10(9)11(8)12;1-7(2)9-5-4-8(12-3)6-10(9)11;2*1-2/h5-10H,1-4H3;2-7,12H,1H3;4-7,11H,1-3H3;2*1-2H3. The van der Waals surface area contributed by atoms with Crippen LogP contribution in [-0.2, 0) is 0 Å². The molecule has 40 heavy (non-hydrogen) atoms. The van der Waals surface area contributed by atoms with Crippen molar-refractivity contribution in [3.63, 3.8) is 0 Å². The second-order valence-electron chi connectivity index (χ2n) is 10.0. The average molecular weight is 547 g/mol. The molecule has 3 heteroatoms. The van der Waals surface area contributed by atoms with Gasteiger partial charge in [0.25, 0.3) is 0 Å². The summed E-state index contributed by atoms with van der Waals surface area (Å²) in [5.41, 5.74) is 4.74. The van der Waals surface area contributed by atoms with E-state index in [1.165, 1.54) is 11.1 Å². The first-order valence-electron chi connectivity index (χ1n) is 14.7. The van der Waals surface area contributed by atoms with Crippen LogP contribution in [0.15, 0.2) is 78.9 Å². The summed E-state index contributed by atoms with van der Waals surface area (Å²) < 4.78 is 4.97. The summed E-state index contributed by atoms with van der Waals surface area (Å²) in [6, 6.07) is 26.1. The van der Waals surface area contributed by atoms with Gasteiger partial charge in [0, 0.05) is 11.5 Å². The maximum absolute atomic E-state index is 9.66. The van der Waals surface area contributed by atoms with Crippen LogP contribution in [0.4, 0.5) is 0 Å². The molecule has 4 aromatic carbocycles. The Morgan fingerprint density at radius 2 is 1.10 bits per heavy atom. The molecule has 0 heterocycles. The number of methoxy groups -OCH3 is 1. The van der Waals surface area contributed by atoms with Crippen molar-refractivity contribution in [2.45, 2.75) is 93.9 Å². The average Bonchev–Trinajstić information content (AvgIpc) is 2.97. The summed E-state index contributed by atoms with van der Waals surface area (Å²) in [6.07, 6.45) is 0. The van der Waals surface area contributed by atoms with Crippen LogP contribution in [-0.4, -0.2) is 17.3 Å². The normalized spacial score (nSPS) is 9.88. The Labute approximate surface area is 244 Å². The van der Waals surface area contributed by atoms with Crippen molar-refractivity contribution in [3.8, 4) is 17.2 Å². The van der Waals surface area contributed by atoms with Crippen molar-refractivity contribution >= 4 is 10.8 Å². The first kappa shape index (κ1) is 36.5. The highest BCUT2D eigenvalue weighted by atomic mass is 16.5. The zero-order valence-corrected chi connectivity index (χ0v) is 27.0. The van der Waals surface area contributed by atoms with E-state index in [2.05, 4.69) is 52.0 Å². The van der Waals surface area contributed by atoms with Crippen LogP contribution in [0.3, 0.4) is 0 Å². The molecule has 0 spiro atoms. The summed E-state index contributed by atoms with van der Waals surface area (Å²) in [6.45, 7) is 22.9. The van der Waals surface area contributed by atoms with Gasteiger partial charge in [-0.2, -0.15) is 0 Å². The van der Waals surface area contributed by atoms with E-state index in [1.54, 1.807) is 13.2 Å². The molecule has 0 bridgehead atoms. The lowest BCUT2D eigenvalue weighted by atomic mass is 9.97. The van der Waals surface area contributed by atoms with Crippen molar-refractivity contribution < 1.29 is 14.9 Å². The second kappa shape index (κ2) is 19.6. The number of hydrogen-bond acceptors (Lipinski definition) is 3. The van der Waals surface area contributed by atoms with Gasteiger partial charge in [-0.1, -0.05) is 136 Å². The summed E-state index contributed by atoms with van der Waals surface area (Å²) in [4.78, 5) is 0. The Morgan fingerprint density at radius 1 is 0.600 bits per heavy atom. The number of ether oxygens (including phenoxy) is 1. The van der Waals surface area contributed by atoms with Crippen molar-refractivity contribution in [2.75, 3.05) is 7.11 Å². The molecule has 4 rings (SSSR count). The predicted molar refractivity (Wildman–Crippen MR) is 176 cm³/mol. The minimum atomic E-state index is 0.310. The number of benzene rings is 4. The smallest absolute Gasteiger partial charge is 0.126 e. The van der Waals surface area contributed by atoms with Crippen molar-refractivity contribution in [1.82, 2.24) is 0 Å². The molecule has 0 aliphatic carbocycles. The van der Waals surface area contributed by atoms with Gasteiger partial charge in [-0.25, -0.2) is 0 Å². The fourth-order valence-electron chi connectivity index (χ4n) is 3.77. The number of phenolic OH excluding ortho intramolecular Hbond substituents is 2. The monoisotopic (exact) mass is 546 g/mol. The third-order valence-corrected chi connectivity index (χ3v) is 6.23. The minimum absolute atomic E-state index is 0.310. The topological polar surface area (TPSA) is 49.7 Å². The van der Waals surface area contributed by atoms with E-state index in [9.17, 15) is 10.2 Å². The van der Waals surface area contributed by atoms with E-state index in [1.807, 2.05) is 97.0 Å². The molecule has 4 aromatic rings. The summed E-state index contributed by atoms with van der Waals surface area (Å²) in [7, 11) is 1.59. The number of rotatable bonds is 4. The zero-order valence-electron chi connectivity index (χ0n) is 27.0. The largest absolute Gasteiger partial charge is 0.508 e. The molecule has 3 nitrogen and oxygen atoms in total. The molecular formula is C37H54O3. The molecule has 0 aromatic heterocycles. The maximum atomic E-state index is 9.66. The van der Waals surface area contributed by atoms with E-state index in [-0.39, 0.29) is 0 Å². The van der Waals surface area contributed by atoms with Crippen molar-refractivity contribution in [1.29, 1.82) is 0 Å². The molecule has 2 N–H and O–H groups in total. The van der Waals surface area contributed by atoms with Crippen LogP contribution in [0.5, 0.6) is 17.2 Å². The Hall–Kier alpha value is -3.46. The second-order valence-corrected chi connectivity index (χ2v) is 10.0. The molecule has 0 fully saturated rings. The third kappa shape index (κ3) is 11.7. The molecule has 220 valence electrons. The molecule has 0 unspecified atom stereocenters. The lowest BCUT2D eigenvalue weighted by Crippen LogP contribution is -1.90. The van der Waals surface area contributed by atoms with Crippen molar-refractivity contribution in [3.05, 3.63) is 101 Å². The number of fused-ring (bicyclic) bond motifs is 1. The minimum Gasteiger partial charge on any atom is -0.508 e. The van der Waals surface area contributed by atoms with Crippen LogP contribution in [0.2, 0.25) is 0 Å². The quantitative estimate of drug-likeness (QED) is 0.268. The van der Waals surface area contributed by atoms with Crippen LogP contribution in [0.1, 0.15) is 109 Å². The van der Waals surface area contributed by atoms with E-state index in [0.29, 0.717) is 35.0 Å². The predicted octanol–water partition coefficient (Wildman–Crippen LogP) is 11.4. The van der Waals surface area contributed by atoms with Crippen LogP contribution < -0.4 is 4.74 Å². The molecule has 0 aliphatic heterocycles. The summed E-state index contributed by atoms with van der Waals surface area (Å²) >= 11 is 0. The lowest BCUT2D eigenvalue weighted by Gasteiger charge is -2.08. The maximum Gasteiger partial charge on any atom is 0.126 e. The van der Waals surface area contributed by atoms with E-state index in [0.717, 1.165) is 21.9 Å². The number of aromatic hydroxyl groups is 2.